The molecule has 100 valence electrons. The van der Waals surface area contributed by atoms with E-state index in [4.69, 9.17) is 5.11 Å². The van der Waals surface area contributed by atoms with Gasteiger partial charge in [0, 0.05) is 31.9 Å². The SMILES string of the molecule is CCCNC(=O)CCn1ccnc1SCC(=O)O. The molecule has 2 N–H and O–H groups in total. The topological polar surface area (TPSA) is 84.2 Å². The molecule has 0 unspecified atom stereocenters. The highest BCUT2D eigenvalue weighted by atomic mass is 32.2. The second kappa shape index (κ2) is 7.75. The Morgan fingerprint density at radius 1 is 1.56 bits per heavy atom. The van der Waals surface area contributed by atoms with Gasteiger partial charge in [0.15, 0.2) is 5.16 Å². The van der Waals surface area contributed by atoms with Crippen molar-refractivity contribution in [2.75, 3.05) is 12.3 Å². The number of hydrogen-bond donors (Lipinski definition) is 2. The quantitative estimate of drug-likeness (QED) is 0.688. The smallest absolute Gasteiger partial charge is 0.313 e. The molecule has 0 saturated heterocycles. The monoisotopic (exact) mass is 271 g/mol. The van der Waals surface area contributed by atoms with Crippen LogP contribution in [0.5, 0.6) is 0 Å². The maximum absolute atomic E-state index is 11.4. The zero-order chi connectivity index (χ0) is 13.4. The second-order valence-electron chi connectivity index (χ2n) is 3.69. The summed E-state index contributed by atoms with van der Waals surface area (Å²) >= 11 is 1.15. The Morgan fingerprint density at radius 3 is 3.00 bits per heavy atom. The van der Waals surface area contributed by atoms with Crippen LogP contribution in [-0.2, 0) is 16.1 Å². The van der Waals surface area contributed by atoms with Crippen molar-refractivity contribution in [1.82, 2.24) is 14.9 Å². The third-order valence-electron chi connectivity index (χ3n) is 2.15. The van der Waals surface area contributed by atoms with Gasteiger partial charge in [0.05, 0.1) is 5.75 Å². The zero-order valence-corrected chi connectivity index (χ0v) is 11.1. The third kappa shape index (κ3) is 5.22. The van der Waals surface area contributed by atoms with Crippen molar-refractivity contribution in [2.24, 2.45) is 0 Å². The van der Waals surface area contributed by atoms with Gasteiger partial charge in [-0.2, -0.15) is 0 Å². The van der Waals surface area contributed by atoms with Crippen LogP contribution in [0.3, 0.4) is 0 Å². The summed E-state index contributed by atoms with van der Waals surface area (Å²) in [4.78, 5) is 26.0. The predicted octanol–water partition coefficient (Wildman–Crippen LogP) is 0.976. The molecule has 1 rings (SSSR count). The highest BCUT2D eigenvalue weighted by molar-refractivity contribution is 7.99. The Kier molecular flexibility index (Phi) is 6.27. The van der Waals surface area contributed by atoms with Crippen molar-refractivity contribution in [1.29, 1.82) is 0 Å². The van der Waals surface area contributed by atoms with Crippen LogP contribution in [0.25, 0.3) is 0 Å². The first-order chi connectivity index (χ1) is 8.63. The number of carbonyl (C=O) groups is 2. The van der Waals surface area contributed by atoms with Crippen molar-refractivity contribution < 1.29 is 14.7 Å². The number of carbonyl (C=O) groups excluding carboxylic acids is 1. The van der Waals surface area contributed by atoms with Crippen LogP contribution < -0.4 is 5.32 Å². The van der Waals surface area contributed by atoms with E-state index in [1.807, 2.05) is 6.92 Å². The molecule has 7 heteroatoms. The van der Waals surface area contributed by atoms with Crippen molar-refractivity contribution in [3.05, 3.63) is 12.4 Å². The first-order valence-corrected chi connectivity index (χ1v) is 6.74. The van der Waals surface area contributed by atoms with Crippen LogP contribution >= 0.6 is 11.8 Å². The number of aromatic nitrogens is 2. The van der Waals surface area contributed by atoms with Gasteiger partial charge in [0.25, 0.3) is 0 Å². The number of nitrogens with zero attached hydrogens (tertiary/aromatic N) is 2. The summed E-state index contributed by atoms with van der Waals surface area (Å²) in [6.07, 6.45) is 4.64. The van der Waals surface area contributed by atoms with E-state index in [-0.39, 0.29) is 11.7 Å². The molecular formula is C11H17N3O3S. The van der Waals surface area contributed by atoms with E-state index >= 15 is 0 Å². The molecule has 6 nitrogen and oxygen atoms in total. The van der Waals surface area contributed by atoms with Gasteiger partial charge in [-0.25, -0.2) is 4.98 Å². The lowest BCUT2D eigenvalue weighted by Gasteiger charge is -2.07. The van der Waals surface area contributed by atoms with Gasteiger partial charge in [-0.1, -0.05) is 18.7 Å². The van der Waals surface area contributed by atoms with Gasteiger partial charge in [-0.15, -0.1) is 0 Å². The Morgan fingerprint density at radius 2 is 2.33 bits per heavy atom. The van der Waals surface area contributed by atoms with Gasteiger partial charge in [0.1, 0.15) is 0 Å². The van der Waals surface area contributed by atoms with Crippen LogP contribution in [-0.4, -0.2) is 38.8 Å². The predicted molar refractivity (Wildman–Crippen MR) is 68.5 cm³/mol. The summed E-state index contributed by atoms with van der Waals surface area (Å²) in [7, 11) is 0. The molecule has 0 spiro atoms. The molecule has 0 atom stereocenters. The number of nitrogens with one attached hydrogen (secondary N) is 1. The minimum Gasteiger partial charge on any atom is -0.481 e. The molecule has 0 aromatic carbocycles. The molecule has 1 aromatic rings. The van der Waals surface area contributed by atoms with Gasteiger partial charge >= 0.3 is 5.97 Å². The summed E-state index contributed by atoms with van der Waals surface area (Å²) in [6.45, 7) is 3.19. The number of aryl methyl sites for hydroxylation is 1. The molecule has 0 bridgehead atoms. The standard InChI is InChI=1S/C11H17N3O3S/c1-2-4-12-9(15)3-6-14-7-5-13-11(14)18-8-10(16)17/h5,7H,2-4,6,8H2,1H3,(H,12,15)(H,16,17). The number of carboxylic acid groups (broad SMARTS) is 1. The number of carboxylic acids is 1. The van der Waals surface area contributed by atoms with E-state index in [0.717, 1.165) is 18.2 Å². The zero-order valence-electron chi connectivity index (χ0n) is 10.3. The van der Waals surface area contributed by atoms with Crippen molar-refractivity contribution in [3.63, 3.8) is 0 Å². The molecule has 1 aromatic heterocycles. The van der Waals surface area contributed by atoms with Crippen LogP contribution in [0, 0.1) is 0 Å². The van der Waals surface area contributed by atoms with Gasteiger partial charge in [0.2, 0.25) is 5.91 Å². The molecule has 0 aliphatic rings. The fraction of sp³-hybridized carbons (Fsp3) is 0.545. The minimum atomic E-state index is -0.879. The molecule has 0 radical (unpaired) electrons. The summed E-state index contributed by atoms with van der Waals surface area (Å²) in [5, 5.41) is 12.0. The summed E-state index contributed by atoms with van der Waals surface area (Å²) in [5.74, 6) is -0.908. The van der Waals surface area contributed by atoms with Gasteiger partial charge in [-0.05, 0) is 6.42 Å². The Hall–Kier alpha value is -1.50. The highest BCUT2D eigenvalue weighted by Crippen LogP contribution is 2.15. The van der Waals surface area contributed by atoms with E-state index in [1.165, 1.54) is 0 Å². The van der Waals surface area contributed by atoms with Crippen LogP contribution in [0.2, 0.25) is 0 Å². The van der Waals surface area contributed by atoms with E-state index in [1.54, 1.807) is 17.0 Å². The van der Waals surface area contributed by atoms with Gasteiger partial charge < -0.3 is 15.0 Å². The highest BCUT2D eigenvalue weighted by Gasteiger charge is 2.08. The van der Waals surface area contributed by atoms with Crippen LogP contribution in [0.1, 0.15) is 19.8 Å². The number of thioether (sulfide) groups is 1. The van der Waals surface area contributed by atoms with Crippen molar-refractivity contribution in [2.45, 2.75) is 31.5 Å². The molecule has 1 heterocycles. The van der Waals surface area contributed by atoms with E-state index in [0.29, 0.717) is 24.7 Å². The Balaban J connectivity index is 2.40. The summed E-state index contributed by atoms with van der Waals surface area (Å²) < 4.78 is 1.79. The first-order valence-electron chi connectivity index (χ1n) is 5.76. The lowest BCUT2D eigenvalue weighted by Crippen LogP contribution is -2.25. The largest absolute Gasteiger partial charge is 0.481 e. The molecule has 0 aliphatic heterocycles. The number of aliphatic carboxylic acids is 1. The summed E-state index contributed by atoms with van der Waals surface area (Å²) in [5.41, 5.74) is 0. The van der Waals surface area contributed by atoms with Gasteiger partial charge in [-0.3, -0.25) is 9.59 Å². The maximum Gasteiger partial charge on any atom is 0.313 e. The third-order valence-corrected chi connectivity index (χ3v) is 3.14. The fourth-order valence-corrected chi connectivity index (χ4v) is 2.01. The number of amides is 1. The molecule has 18 heavy (non-hydrogen) atoms. The van der Waals surface area contributed by atoms with E-state index in [2.05, 4.69) is 10.3 Å². The first kappa shape index (κ1) is 14.6. The summed E-state index contributed by atoms with van der Waals surface area (Å²) in [6, 6.07) is 0. The van der Waals surface area contributed by atoms with Crippen LogP contribution in [0.4, 0.5) is 0 Å². The average molecular weight is 271 g/mol. The Labute approximate surface area is 110 Å². The van der Waals surface area contributed by atoms with Crippen molar-refractivity contribution in [3.8, 4) is 0 Å². The molecular weight excluding hydrogens is 254 g/mol. The molecule has 0 aliphatic carbocycles. The van der Waals surface area contributed by atoms with Crippen molar-refractivity contribution >= 4 is 23.6 Å². The van der Waals surface area contributed by atoms with Crippen LogP contribution in [0.15, 0.2) is 17.6 Å². The second-order valence-corrected chi connectivity index (χ2v) is 4.63. The van der Waals surface area contributed by atoms with E-state index in [9.17, 15) is 9.59 Å². The molecule has 0 fully saturated rings. The molecule has 1 amide bonds. The van der Waals surface area contributed by atoms with E-state index < -0.39 is 5.97 Å². The normalized spacial score (nSPS) is 10.3. The number of rotatable bonds is 8. The number of imidazole rings is 1. The molecule has 0 saturated carbocycles. The Bertz CT molecular complexity index is 406. The number of hydrogen-bond acceptors (Lipinski definition) is 4. The lowest BCUT2D eigenvalue weighted by atomic mass is 10.4. The fourth-order valence-electron chi connectivity index (χ4n) is 1.31. The maximum atomic E-state index is 11.4. The minimum absolute atomic E-state index is 0.000246. The average Bonchev–Trinajstić information content (AvgIpc) is 2.78. The lowest BCUT2D eigenvalue weighted by molar-refractivity contribution is -0.134.